The number of nitrogen functional groups attached to an aromatic ring is 1. The molecule has 0 bridgehead atoms. The van der Waals surface area contributed by atoms with E-state index in [1.807, 2.05) is 6.92 Å². The van der Waals surface area contributed by atoms with E-state index >= 15 is 0 Å². The van der Waals surface area contributed by atoms with E-state index in [1.54, 1.807) is 2.90 Å². The minimum absolute atomic E-state index is 0.661. The summed E-state index contributed by atoms with van der Waals surface area (Å²) in [5.74, 6) is 0.661. The maximum atomic E-state index is 5.62. The fourth-order valence-electron chi connectivity index (χ4n) is 0.964. The average molecular weight is 249 g/mol. The zero-order valence-electron chi connectivity index (χ0n) is 6.06. The van der Waals surface area contributed by atoms with E-state index < -0.39 is 0 Å². The van der Waals surface area contributed by atoms with E-state index in [1.165, 1.54) is 0 Å². The Hall–Kier alpha value is -0.195. The summed E-state index contributed by atoms with van der Waals surface area (Å²) in [4.78, 5) is 0. The monoisotopic (exact) mass is 249 g/mol. The highest BCUT2D eigenvalue weighted by molar-refractivity contribution is 14.1. The van der Waals surface area contributed by atoms with Gasteiger partial charge in [0.15, 0.2) is 7.28 Å². The Morgan fingerprint density at radius 1 is 1.70 bits per heavy atom. The Labute approximate surface area is 74.7 Å². The van der Waals surface area contributed by atoms with Crippen molar-refractivity contribution in [2.45, 2.75) is 13.7 Å². The molecule has 54 valence electrons. The van der Waals surface area contributed by atoms with Gasteiger partial charge in [-0.1, -0.05) is 6.82 Å². The third-order valence-electron chi connectivity index (χ3n) is 1.57. The zero-order chi connectivity index (χ0) is 7.72. The van der Waals surface area contributed by atoms with E-state index in [0.717, 1.165) is 18.4 Å². The van der Waals surface area contributed by atoms with Crippen molar-refractivity contribution in [1.29, 1.82) is 0 Å². The van der Waals surface area contributed by atoms with E-state index in [4.69, 9.17) is 5.73 Å². The molecule has 0 aliphatic rings. The van der Waals surface area contributed by atoms with E-state index in [0.29, 0.717) is 5.82 Å². The summed E-state index contributed by atoms with van der Waals surface area (Å²) in [6, 6.07) is 0. The van der Waals surface area contributed by atoms with Crippen molar-refractivity contribution < 1.29 is 0 Å². The average Bonchev–Trinajstić information content (AvgIpc) is 2.09. The molecule has 2 N–H and O–H groups in total. The molecule has 0 unspecified atom stereocenters. The Morgan fingerprint density at radius 3 is 2.50 bits per heavy atom. The molecule has 1 heterocycles. The summed E-state index contributed by atoms with van der Waals surface area (Å²) >= 11 is 2.12. The summed E-state index contributed by atoms with van der Waals surface area (Å²) < 4.78 is 1.78. The van der Waals surface area contributed by atoms with E-state index in [2.05, 4.69) is 34.8 Å². The third-order valence-corrected chi connectivity index (χ3v) is 2.51. The molecule has 0 amide bonds. The molecule has 0 atom stereocenters. The van der Waals surface area contributed by atoms with E-state index in [-0.39, 0.29) is 0 Å². The number of halogens is 1. The van der Waals surface area contributed by atoms with Crippen LogP contribution < -0.4 is 11.2 Å². The van der Waals surface area contributed by atoms with Gasteiger partial charge in [0.05, 0.1) is 22.9 Å². The lowest BCUT2D eigenvalue weighted by Crippen LogP contribution is -2.16. The van der Waals surface area contributed by atoms with Gasteiger partial charge >= 0.3 is 0 Å². The molecule has 5 heteroatoms. The van der Waals surface area contributed by atoms with Gasteiger partial charge in [0.25, 0.3) is 0 Å². The van der Waals surface area contributed by atoms with Crippen molar-refractivity contribution in [3.05, 3.63) is 5.69 Å². The van der Waals surface area contributed by atoms with Crippen molar-refractivity contribution in [1.82, 2.24) is 7.99 Å². The standard InChI is InChI=1S/C5H9BIN3/c1-3-4(6-2)5(8)9-10(3)7/h6H,1-2H3,(H2,8,9). The van der Waals surface area contributed by atoms with Crippen LogP contribution in [0.1, 0.15) is 5.69 Å². The largest absolute Gasteiger partial charge is 0.383 e. The number of nitrogens with zero attached hydrogens (tertiary/aromatic N) is 2. The van der Waals surface area contributed by atoms with Gasteiger partial charge < -0.3 is 5.73 Å². The molecule has 0 saturated carbocycles. The fraction of sp³-hybridized carbons (Fsp3) is 0.400. The highest BCUT2D eigenvalue weighted by Crippen LogP contribution is 2.03. The smallest absolute Gasteiger partial charge is 0.161 e. The van der Waals surface area contributed by atoms with Crippen LogP contribution in [0.15, 0.2) is 0 Å². The summed E-state index contributed by atoms with van der Waals surface area (Å²) in [6.07, 6.45) is 0. The molecular weight excluding hydrogens is 240 g/mol. The number of rotatable bonds is 1. The Morgan fingerprint density at radius 2 is 2.30 bits per heavy atom. The summed E-state index contributed by atoms with van der Waals surface area (Å²) in [5.41, 5.74) is 7.93. The van der Waals surface area contributed by atoms with Crippen LogP contribution in [0.2, 0.25) is 6.82 Å². The molecule has 1 aromatic heterocycles. The van der Waals surface area contributed by atoms with E-state index in [9.17, 15) is 0 Å². The Kier molecular flexibility index (Phi) is 2.23. The van der Waals surface area contributed by atoms with Crippen molar-refractivity contribution in [3.8, 4) is 0 Å². The normalized spacial score (nSPS) is 9.90. The van der Waals surface area contributed by atoms with Gasteiger partial charge in [-0.3, -0.25) is 0 Å². The first-order valence-corrected chi connectivity index (χ1v) is 4.13. The Bertz CT molecular complexity index is 245. The first-order valence-electron chi connectivity index (χ1n) is 3.17. The molecule has 3 nitrogen and oxygen atoms in total. The minimum Gasteiger partial charge on any atom is -0.383 e. The first kappa shape index (κ1) is 7.91. The minimum atomic E-state index is 0.661. The number of aromatic nitrogens is 2. The summed E-state index contributed by atoms with van der Waals surface area (Å²) in [5, 5.41) is 4.06. The lowest BCUT2D eigenvalue weighted by Gasteiger charge is -1.91. The quantitative estimate of drug-likeness (QED) is 0.565. The maximum absolute atomic E-state index is 5.62. The summed E-state index contributed by atoms with van der Waals surface area (Å²) in [6.45, 7) is 4.10. The van der Waals surface area contributed by atoms with Crippen LogP contribution in [0.25, 0.3) is 0 Å². The molecule has 0 saturated heterocycles. The molecule has 10 heavy (non-hydrogen) atoms. The molecule has 0 spiro atoms. The highest BCUT2D eigenvalue weighted by atomic mass is 127. The van der Waals surface area contributed by atoms with Gasteiger partial charge in [0.1, 0.15) is 5.82 Å². The SMILES string of the molecule is CBc1c(N)nn(I)c1C. The van der Waals surface area contributed by atoms with Crippen LogP contribution in [0, 0.1) is 6.92 Å². The number of hydrogen-bond donors (Lipinski definition) is 1. The fourth-order valence-corrected chi connectivity index (χ4v) is 1.49. The van der Waals surface area contributed by atoms with Crippen molar-refractivity contribution >= 4 is 41.4 Å². The molecule has 0 aliphatic heterocycles. The van der Waals surface area contributed by atoms with Crippen LogP contribution in [-0.2, 0) is 0 Å². The van der Waals surface area contributed by atoms with Crippen LogP contribution in [0.5, 0.6) is 0 Å². The van der Waals surface area contributed by atoms with Crippen LogP contribution in [0.4, 0.5) is 5.82 Å². The van der Waals surface area contributed by atoms with Crippen molar-refractivity contribution in [2.24, 2.45) is 0 Å². The van der Waals surface area contributed by atoms with Gasteiger partial charge in [0, 0.05) is 5.69 Å². The molecular formula is C5H9BIN3. The highest BCUT2D eigenvalue weighted by Gasteiger charge is 2.07. The second-order valence-electron chi connectivity index (χ2n) is 2.16. The Balaban J connectivity index is 3.20. The van der Waals surface area contributed by atoms with Gasteiger partial charge in [-0.25, -0.2) is 2.90 Å². The number of anilines is 1. The molecule has 1 rings (SSSR count). The topological polar surface area (TPSA) is 43.8 Å². The second-order valence-corrected chi connectivity index (χ2v) is 3.08. The first-order chi connectivity index (χ1) is 4.66. The molecule has 0 aliphatic carbocycles. The number of nitrogens with two attached hydrogens (primary N) is 1. The zero-order valence-corrected chi connectivity index (χ0v) is 8.21. The van der Waals surface area contributed by atoms with Gasteiger partial charge in [-0.2, -0.15) is 0 Å². The lowest BCUT2D eigenvalue weighted by atomic mass is 9.73. The third kappa shape index (κ3) is 1.14. The maximum Gasteiger partial charge on any atom is 0.161 e. The predicted molar refractivity (Wildman–Crippen MR) is 53.4 cm³/mol. The van der Waals surface area contributed by atoms with Crippen molar-refractivity contribution in [3.63, 3.8) is 0 Å². The van der Waals surface area contributed by atoms with Crippen LogP contribution in [0.3, 0.4) is 0 Å². The lowest BCUT2D eigenvalue weighted by molar-refractivity contribution is 1.02. The van der Waals surface area contributed by atoms with Crippen LogP contribution >= 0.6 is 22.9 Å². The molecule has 0 fully saturated rings. The predicted octanol–water partition coefficient (Wildman–Crippen LogP) is 0.0817. The molecule has 1 aromatic rings. The van der Waals surface area contributed by atoms with Gasteiger partial charge in [-0.05, 0) is 12.4 Å². The van der Waals surface area contributed by atoms with Crippen molar-refractivity contribution in [2.75, 3.05) is 5.73 Å². The molecule has 0 aromatic carbocycles. The van der Waals surface area contributed by atoms with Gasteiger partial charge in [-0.15, -0.1) is 5.10 Å². The summed E-state index contributed by atoms with van der Waals surface area (Å²) in [7, 11) is 0.959. The molecule has 0 radical (unpaired) electrons. The van der Waals surface area contributed by atoms with Gasteiger partial charge in [0.2, 0.25) is 0 Å². The van der Waals surface area contributed by atoms with Crippen LogP contribution in [-0.4, -0.2) is 15.3 Å². The second kappa shape index (κ2) is 2.81. The number of hydrogen-bond acceptors (Lipinski definition) is 2.